The number of pyridine rings is 1. The fourth-order valence-corrected chi connectivity index (χ4v) is 1.84. The monoisotopic (exact) mass is 270 g/mol. The van der Waals surface area contributed by atoms with Crippen LogP contribution in [0, 0.1) is 17.1 Å². The van der Waals surface area contributed by atoms with E-state index < -0.39 is 37.4 Å². The van der Waals surface area contributed by atoms with Gasteiger partial charge in [0.15, 0.2) is 5.82 Å². The maximum absolute atomic E-state index is 13.2. The van der Waals surface area contributed by atoms with Crippen molar-refractivity contribution in [2.24, 2.45) is 0 Å². The molecular formula is C7H2ClF3N2O2S. The Morgan fingerprint density at radius 3 is 2.44 bits per heavy atom. The van der Waals surface area contributed by atoms with Gasteiger partial charge >= 0.3 is 0 Å². The minimum atomic E-state index is -4.41. The highest BCUT2D eigenvalue weighted by Crippen LogP contribution is 2.27. The summed E-state index contributed by atoms with van der Waals surface area (Å²) in [4.78, 5) is 1.98. The Bertz CT molecular complexity index is 568. The summed E-state index contributed by atoms with van der Waals surface area (Å²) >= 11 is 0. The van der Waals surface area contributed by atoms with Crippen molar-refractivity contribution in [1.29, 1.82) is 5.26 Å². The molecule has 0 amide bonds. The van der Waals surface area contributed by atoms with Crippen molar-refractivity contribution in [2.75, 3.05) is 0 Å². The number of nitriles is 1. The highest BCUT2D eigenvalue weighted by Gasteiger charge is 2.26. The van der Waals surface area contributed by atoms with Gasteiger partial charge in [-0.2, -0.15) is 5.26 Å². The number of hydrogen-bond acceptors (Lipinski definition) is 4. The van der Waals surface area contributed by atoms with Crippen LogP contribution < -0.4 is 0 Å². The third kappa shape index (κ3) is 2.25. The molecule has 1 aromatic heterocycles. The summed E-state index contributed by atoms with van der Waals surface area (Å²) in [5.74, 6) is -1.68. The van der Waals surface area contributed by atoms with Gasteiger partial charge in [-0.3, -0.25) is 4.98 Å². The zero-order chi connectivity index (χ0) is 12.5. The van der Waals surface area contributed by atoms with E-state index in [-0.39, 0.29) is 0 Å². The zero-order valence-corrected chi connectivity index (χ0v) is 8.86. The summed E-state index contributed by atoms with van der Waals surface area (Å²) in [6, 6.07) is 1.15. The molecule has 1 heterocycles. The highest BCUT2D eigenvalue weighted by atomic mass is 35.7. The van der Waals surface area contributed by atoms with Crippen molar-refractivity contribution >= 4 is 19.7 Å². The molecule has 0 bridgehead atoms. The van der Waals surface area contributed by atoms with Gasteiger partial charge in [0.05, 0.1) is 0 Å². The standard InChI is InChI=1S/C7H2ClF3N2O2S/c8-16(14,15)4-2-13-6(7(10)11)5(9)3(4)1-12/h2,7H. The zero-order valence-electron chi connectivity index (χ0n) is 7.29. The van der Waals surface area contributed by atoms with E-state index in [2.05, 4.69) is 4.98 Å². The van der Waals surface area contributed by atoms with E-state index in [1.165, 1.54) is 0 Å². The molecule has 0 N–H and O–H groups in total. The lowest BCUT2D eigenvalue weighted by atomic mass is 10.2. The first kappa shape index (κ1) is 12.7. The molecule has 0 fully saturated rings. The Hall–Kier alpha value is -1.33. The van der Waals surface area contributed by atoms with Gasteiger partial charge in [0.25, 0.3) is 15.5 Å². The van der Waals surface area contributed by atoms with E-state index in [1.807, 2.05) is 0 Å². The van der Waals surface area contributed by atoms with E-state index in [4.69, 9.17) is 15.9 Å². The summed E-state index contributed by atoms with van der Waals surface area (Å²) in [5, 5.41) is 8.48. The first-order chi connectivity index (χ1) is 7.29. The summed E-state index contributed by atoms with van der Waals surface area (Å²) < 4.78 is 59.3. The largest absolute Gasteiger partial charge is 0.283 e. The predicted molar refractivity (Wildman–Crippen MR) is 46.9 cm³/mol. The lowest BCUT2D eigenvalue weighted by Crippen LogP contribution is -2.05. The predicted octanol–water partition coefficient (Wildman–Crippen LogP) is 1.96. The molecule has 1 aromatic rings. The SMILES string of the molecule is N#Cc1c(S(=O)(=O)Cl)cnc(C(F)F)c1F. The number of hydrogen-bond donors (Lipinski definition) is 0. The van der Waals surface area contributed by atoms with E-state index in [9.17, 15) is 21.6 Å². The first-order valence-corrected chi connectivity index (χ1v) is 5.91. The Labute approximate surface area is 92.7 Å². The molecule has 0 radical (unpaired) electrons. The molecule has 86 valence electrons. The molecule has 0 saturated heterocycles. The third-order valence-electron chi connectivity index (χ3n) is 1.59. The lowest BCUT2D eigenvalue weighted by Gasteiger charge is -2.04. The summed E-state index contributed by atoms with van der Waals surface area (Å²) in [5.41, 5.74) is -2.36. The molecule has 1 rings (SSSR count). The average Bonchev–Trinajstić information content (AvgIpc) is 2.15. The van der Waals surface area contributed by atoms with Crippen molar-refractivity contribution in [3.8, 4) is 6.07 Å². The molecule has 0 aliphatic rings. The van der Waals surface area contributed by atoms with Crippen molar-refractivity contribution in [1.82, 2.24) is 4.98 Å². The molecule has 0 atom stereocenters. The highest BCUT2D eigenvalue weighted by molar-refractivity contribution is 8.13. The van der Waals surface area contributed by atoms with Crippen LogP contribution in [0.2, 0.25) is 0 Å². The normalized spacial score (nSPS) is 11.5. The second-order valence-corrected chi connectivity index (χ2v) is 5.08. The van der Waals surface area contributed by atoms with Crippen LogP contribution in [0.3, 0.4) is 0 Å². The van der Waals surface area contributed by atoms with E-state index >= 15 is 0 Å². The molecule has 4 nitrogen and oxygen atoms in total. The van der Waals surface area contributed by atoms with Gasteiger partial charge in [-0.1, -0.05) is 0 Å². The minimum absolute atomic E-state index is 0.422. The number of rotatable bonds is 2. The van der Waals surface area contributed by atoms with Gasteiger partial charge in [-0.05, 0) is 0 Å². The Balaban J connectivity index is 3.62. The number of nitrogens with zero attached hydrogens (tertiary/aromatic N) is 2. The number of aromatic nitrogens is 1. The second-order valence-electron chi connectivity index (χ2n) is 2.55. The van der Waals surface area contributed by atoms with Crippen LogP contribution in [-0.2, 0) is 9.05 Å². The van der Waals surface area contributed by atoms with Gasteiger partial charge in [-0.25, -0.2) is 21.6 Å². The average molecular weight is 271 g/mol. The maximum atomic E-state index is 13.2. The Kier molecular flexibility index (Phi) is 3.40. The van der Waals surface area contributed by atoms with E-state index in [0.29, 0.717) is 6.20 Å². The van der Waals surface area contributed by atoms with Crippen molar-refractivity contribution in [3.63, 3.8) is 0 Å². The summed E-state index contributed by atoms with van der Waals surface area (Å²) in [6.45, 7) is 0. The fourth-order valence-electron chi connectivity index (χ4n) is 0.927. The quantitative estimate of drug-likeness (QED) is 0.770. The summed E-state index contributed by atoms with van der Waals surface area (Å²) in [7, 11) is 0.465. The van der Waals surface area contributed by atoms with Gasteiger partial charge in [0.1, 0.15) is 22.2 Å². The molecule has 9 heteroatoms. The molecule has 16 heavy (non-hydrogen) atoms. The maximum Gasteiger partial charge on any atom is 0.283 e. The molecule has 0 spiro atoms. The van der Waals surface area contributed by atoms with Crippen molar-refractivity contribution in [2.45, 2.75) is 11.3 Å². The van der Waals surface area contributed by atoms with Crippen LogP contribution >= 0.6 is 10.7 Å². The first-order valence-electron chi connectivity index (χ1n) is 3.60. The second kappa shape index (κ2) is 4.27. The Morgan fingerprint density at radius 2 is 2.06 bits per heavy atom. The van der Waals surface area contributed by atoms with Crippen LogP contribution in [0.15, 0.2) is 11.1 Å². The molecule has 0 aliphatic heterocycles. The van der Waals surface area contributed by atoms with Gasteiger partial charge in [0.2, 0.25) is 0 Å². The molecule has 0 aliphatic carbocycles. The van der Waals surface area contributed by atoms with Crippen LogP contribution in [0.5, 0.6) is 0 Å². The third-order valence-corrected chi connectivity index (χ3v) is 2.93. The Morgan fingerprint density at radius 1 is 1.50 bits per heavy atom. The summed E-state index contributed by atoms with van der Waals surface area (Å²) in [6.07, 6.45) is -2.83. The van der Waals surface area contributed by atoms with Crippen LogP contribution in [0.4, 0.5) is 13.2 Å². The molecule has 0 saturated carbocycles. The lowest BCUT2D eigenvalue weighted by molar-refractivity contribution is 0.140. The number of halogens is 4. The van der Waals surface area contributed by atoms with Crippen molar-refractivity contribution < 1.29 is 21.6 Å². The molecule has 0 unspecified atom stereocenters. The van der Waals surface area contributed by atoms with Gasteiger partial charge < -0.3 is 0 Å². The van der Waals surface area contributed by atoms with Crippen LogP contribution in [0.1, 0.15) is 17.7 Å². The van der Waals surface area contributed by atoms with E-state index in [1.54, 1.807) is 0 Å². The molecule has 0 aromatic carbocycles. The van der Waals surface area contributed by atoms with Gasteiger partial charge in [-0.15, -0.1) is 0 Å². The van der Waals surface area contributed by atoms with Crippen molar-refractivity contribution in [3.05, 3.63) is 23.3 Å². The fraction of sp³-hybridized carbons (Fsp3) is 0.143. The molecular weight excluding hydrogens is 269 g/mol. The van der Waals surface area contributed by atoms with Crippen LogP contribution in [-0.4, -0.2) is 13.4 Å². The van der Waals surface area contributed by atoms with Crippen LogP contribution in [0.25, 0.3) is 0 Å². The smallest absolute Gasteiger partial charge is 0.251 e. The van der Waals surface area contributed by atoms with E-state index in [0.717, 1.165) is 6.07 Å². The van der Waals surface area contributed by atoms with Gasteiger partial charge in [0, 0.05) is 16.9 Å². The topological polar surface area (TPSA) is 70.8 Å². The number of alkyl halides is 2. The minimum Gasteiger partial charge on any atom is -0.251 e.